The maximum Gasteiger partial charge on any atom is 0.344 e. The first kappa shape index (κ1) is 19.4. The minimum absolute atomic E-state index is 0.352. The van der Waals surface area contributed by atoms with Gasteiger partial charge in [0.15, 0.2) is 0 Å². The molecule has 0 amide bonds. The summed E-state index contributed by atoms with van der Waals surface area (Å²) in [5.74, 6) is 0.192. The van der Waals surface area contributed by atoms with Crippen LogP contribution in [0.1, 0.15) is 40.5 Å². The summed E-state index contributed by atoms with van der Waals surface area (Å²) in [5.41, 5.74) is 0.844. The van der Waals surface area contributed by atoms with Crippen molar-refractivity contribution < 1.29 is 23.8 Å². The van der Waals surface area contributed by atoms with Gasteiger partial charge in [-0.05, 0) is 48.2 Å². The van der Waals surface area contributed by atoms with E-state index >= 15 is 0 Å². The van der Waals surface area contributed by atoms with Crippen LogP contribution in [-0.2, 0) is 4.74 Å². The summed E-state index contributed by atoms with van der Waals surface area (Å²) in [4.78, 5) is 24.2. The van der Waals surface area contributed by atoms with Crippen molar-refractivity contribution in [2.45, 2.75) is 19.8 Å². The smallest absolute Gasteiger partial charge is 0.344 e. The van der Waals surface area contributed by atoms with Crippen molar-refractivity contribution in [2.75, 3.05) is 13.7 Å². The molecule has 3 aromatic carbocycles. The third-order valence-electron chi connectivity index (χ3n) is 4.35. The Morgan fingerprint density at radius 1 is 0.857 bits per heavy atom. The van der Waals surface area contributed by atoms with Gasteiger partial charge in [-0.25, -0.2) is 9.59 Å². The molecule has 0 radical (unpaired) electrons. The van der Waals surface area contributed by atoms with Gasteiger partial charge in [-0.15, -0.1) is 0 Å². The van der Waals surface area contributed by atoms with E-state index in [9.17, 15) is 9.59 Å². The maximum absolute atomic E-state index is 12.7. The lowest BCUT2D eigenvalue weighted by Crippen LogP contribution is -2.10. The Morgan fingerprint density at radius 3 is 2.25 bits per heavy atom. The molecule has 0 heterocycles. The highest BCUT2D eigenvalue weighted by Gasteiger charge is 2.15. The summed E-state index contributed by atoms with van der Waals surface area (Å²) < 4.78 is 16.0. The highest BCUT2D eigenvalue weighted by Crippen LogP contribution is 2.29. The number of esters is 2. The number of carbonyl (C=O) groups excluding carboxylic acids is 2. The van der Waals surface area contributed by atoms with Gasteiger partial charge in [-0.2, -0.15) is 0 Å². The molecule has 0 saturated heterocycles. The molecule has 0 spiro atoms. The molecule has 3 aromatic rings. The highest BCUT2D eigenvalue weighted by molar-refractivity contribution is 6.07. The third kappa shape index (κ3) is 4.31. The molecule has 0 saturated carbocycles. The molecular formula is C23H22O5. The lowest BCUT2D eigenvalue weighted by atomic mass is 10.0. The largest absolute Gasteiger partial charge is 0.493 e. The van der Waals surface area contributed by atoms with Gasteiger partial charge in [0.2, 0.25) is 0 Å². The molecule has 0 bridgehead atoms. The zero-order valence-corrected chi connectivity index (χ0v) is 15.9. The summed E-state index contributed by atoms with van der Waals surface area (Å²) in [6, 6.07) is 17.3. The van der Waals surface area contributed by atoms with E-state index in [1.165, 1.54) is 7.11 Å². The molecule has 144 valence electrons. The number of hydrogen-bond donors (Lipinski definition) is 0. The lowest BCUT2D eigenvalue weighted by Gasteiger charge is -2.12. The number of hydrogen-bond acceptors (Lipinski definition) is 5. The summed E-state index contributed by atoms with van der Waals surface area (Å²) in [6.45, 7) is 2.75. The van der Waals surface area contributed by atoms with Crippen molar-refractivity contribution in [1.82, 2.24) is 0 Å². The van der Waals surface area contributed by atoms with Crippen LogP contribution in [-0.4, -0.2) is 25.7 Å². The van der Waals surface area contributed by atoms with Crippen molar-refractivity contribution >= 4 is 22.7 Å². The molecule has 0 aliphatic carbocycles. The van der Waals surface area contributed by atoms with Crippen LogP contribution in [0.3, 0.4) is 0 Å². The number of fused-ring (bicyclic) bond motifs is 1. The molecule has 0 atom stereocenters. The van der Waals surface area contributed by atoms with Crippen LogP contribution in [0.5, 0.6) is 11.5 Å². The fourth-order valence-electron chi connectivity index (χ4n) is 2.84. The number of ether oxygens (including phenoxy) is 3. The van der Waals surface area contributed by atoms with Gasteiger partial charge >= 0.3 is 11.9 Å². The molecular weight excluding hydrogens is 356 g/mol. The van der Waals surface area contributed by atoms with Crippen molar-refractivity contribution in [3.63, 3.8) is 0 Å². The number of methoxy groups -OCH3 is 1. The zero-order chi connectivity index (χ0) is 19.9. The van der Waals surface area contributed by atoms with Gasteiger partial charge in [0.25, 0.3) is 0 Å². The highest BCUT2D eigenvalue weighted by atomic mass is 16.5. The number of benzene rings is 3. The van der Waals surface area contributed by atoms with Crippen LogP contribution < -0.4 is 9.47 Å². The molecule has 0 aliphatic heterocycles. The second kappa shape index (κ2) is 9.04. The first-order valence-corrected chi connectivity index (χ1v) is 9.19. The van der Waals surface area contributed by atoms with Crippen molar-refractivity contribution in [2.24, 2.45) is 0 Å². The van der Waals surface area contributed by atoms with Crippen LogP contribution in [0.4, 0.5) is 0 Å². The van der Waals surface area contributed by atoms with Gasteiger partial charge < -0.3 is 14.2 Å². The second-order valence-corrected chi connectivity index (χ2v) is 6.26. The van der Waals surface area contributed by atoms with E-state index in [-0.39, 0.29) is 0 Å². The van der Waals surface area contributed by atoms with Crippen molar-refractivity contribution in [1.29, 1.82) is 0 Å². The molecule has 0 unspecified atom stereocenters. The predicted octanol–water partition coefficient (Wildman–Crippen LogP) is 5.02. The average molecular weight is 378 g/mol. The molecule has 0 aliphatic rings. The lowest BCUT2D eigenvalue weighted by molar-refractivity contribution is 0.0600. The molecule has 5 nitrogen and oxygen atoms in total. The fourth-order valence-corrected chi connectivity index (χ4v) is 2.84. The van der Waals surface area contributed by atoms with E-state index < -0.39 is 11.9 Å². The van der Waals surface area contributed by atoms with Gasteiger partial charge in [-0.1, -0.05) is 37.6 Å². The van der Waals surface area contributed by atoms with Crippen LogP contribution in [0.2, 0.25) is 0 Å². The molecule has 0 N–H and O–H groups in total. The van der Waals surface area contributed by atoms with Gasteiger partial charge in [0.1, 0.15) is 11.5 Å². The first-order valence-electron chi connectivity index (χ1n) is 9.19. The number of carbonyl (C=O) groups is 2. The number of unbranched alkanes of at least 4 members (excludes halogenated alkanes) is 1. The minimum Gasteiger partial charge on any atom is -0.493 e. The van der Waals surface area contributed by atoms with E-state index in [0.29, 0.717) is 23.5 Å². The van der Waals surface area contributed by atoms with Crippen molar-refractivity contribution in [3.05, 3.63) is 71.8 Å². The molecule has 5 heteroatoms. The Morgan fingerprint density at radius 2 is 1.57 bits per heavy atom. The van der Waals surface area contributed by atoms with Crippen LogP contribution in [0.25, 0.3) is 10.8 Å². The van der Waals surface area contributed by atoms with Gasteiger partial charge in [-0.3, -0.25) is 0 Å². The Balaban J connectivity index is 1.84. The molecule has 0 aromatic heterocycles. The standard InChI is InChI=1S/C23H22O5/c1-3-4-15-27-21-14-13-20(18-7-5-6-8-19(18)21)23(25)28-17-11-9-16(10-12-17)22(24)26-2/h5-14H,3-4,15H2,1-2H3. The second-order valence-electron chi connectivity index (χ2n) is 6.26. The topological polar surface area (TPSA) is 61.8 Å². The summed E-state index contributed by atoms with van der Waals surface area (Å²) in [7, 11) is 1.32. The van der Waals surface area contributed by atoms with Gasteiger partial charge in [0, 0.05) is 5.39 Å². The van der Waals surface area contributed by atoms with Crippen LogP contribution >= 0.6 is 0 Å². The van der Waals surface area contributed by atoms with E-state index in [1.807, 2.05) is 24.3 Å². The fraction of sp³-hybridized carbons (Fsp3) is 0.217. The predicted molar refractivity (Wildman–Crippen MR) is 107 cm³/mol. The van der Waals surface area contributed by atoms with E-state index in [4.69, 9.17) is 9.47 Å². The summed E-state index contributed by atoms with van der Waals surface area (Å²) in [5, 5.41) is 1.64. The first-order chi connectivity index (χ1) is 13.6. The SMILES string of the molecule is CCCCOc1ccc(C(=O)Oc2ccc(C(=O)OC)cc2)c2ccccc12. The average Bonchev–Trinajstić information content (AvgIpc) is 2.74. The van der Waals surface area contributed by atoms with E-state index in [0.717, 1.165) is 29.4 Å². The normalized spacial score (nSPS) is 10.5. The molecule has 0 fully saturated rings. The molecule has 3 rings (SSSR count). The quantitative estimate of drug-likeness (QED) is 0.328. The third-order valence-corrected chi connectivity index (χ3v) is 4.35. The van der Waals surface area contributed by atoms with E-state index in [2.05, 4.69) is 11.7 Å². The Kier molecular flexibility index (Phi) is 6.27. The van der Waals surface area contributed by atoms with Gasteiger partial charge in [0.05, 0.1) is 24.8 Å². The maximum atomic E-state index is 12.7. The Bertz CT molecular complexity index is 976. The molecule has 28 heavy (non-hydrogen) atoms. The summed E-state index contributed by atoms with van der Waals surface area (Å²) in [6.07, 6.45) is 2.02. The van der Waals surface area contributed by atoms with Crippen LogP contribution in [0.15, 0.2) is 60.7 Å². The summed E-state index contributed by atoms with van der Waals surface area (Å²) >= 11 is 0. The number of rotatable bonds is 7. The van der Waals surface area contributed by atoms with Crippen molar-refractivity contribution in [3.8, 4) is 11.5 Å². The Hall–Kier alpha value is -3.34. The van der Waals surface area contributed by atoms with E-state index in [1.54, 1.807) is 36.4 Å². The van der Waals surface area contributed by atoms with Crippen LogP contribution in [0, 0.1) is 0 Å². The Labute approximate surface area is 163 Å². The zero-order valence-electron chi connectivity index (χ0n) is 15.9. The monoisotopic (exact) mass is 378 g/mol. The minimum atomic E-state index is -0.470.